The third-order valence-corrected chi connectivity index (χ3v) is 5.73. The topological polar surface area (TPSA) is 32.8 Å². The Morgan fingerprint density at radius 3 is 2.48 bits per heavy atom. The normalized spacial score (nSPS) is 20.6. The number of hydrogen-bond donors (Lipinski definition) is 0. The molecule has 1 unspecified atom stereocenters. The molecular formula is C23H28N2O2. The molecule has 2 aromatic rings. The van der Waals surface area contributed by atoms with Gasteiger partial charge in [-0.1, -0.05) is 48.5 Å². The van der Waals surface area contributed by atoms with Crippen molar-refractivity contribution in [1.29, 1.82) is 0 Å². The number of nitrogens with zero attached hydrogens (tertiary/aromatic N) is 2. The lowest BCUT2D eigenvalue weighted by Gasteiger charge is -2.37. The Kier molecular flexibility index (Phi) is 5.73. The fourth-order valence-electron chi connectivity index (χ4n) is 4.27. The van der Waals surface area contributed by atoms with Gasteiger partial charge in [0.25, 0.3) is 5.91 Å². The summed E-state index contributed by atoms with van der Waals surface area (Å²) in [6.45, 7) is 4.19. The minimum absolute atomic E-state index is 0.0989. The molecule has 2 aromatic carbocycles. The summed E-state index contributed by atoms with van der Waals surface area (Å²) < 4.78 is 5.96. The summed E-state index contributed by atoms with van der Waals surface area (Å²) in [7, 11) is 0. The molecular weight excluding hydrogens is 336 g/mol. The molecule has 2 fully saturated rings. The molecule has 0 bridgehead atoms. The SMILES string of the molecule is O=C(COc1ccccc1-c1ccccc1)N1CCCC(N2CCCC2)C1. The second kappa shape index (κ2) is 8.57. The molecule has 4 rings (SSSR count). The van der Waals surface area contributed by atoms with Crippen LogP contribution in [-0.4, -0.2) is 54.5 Å². The summed E-state index contributed by atoms with van der Waals surface area (Å²) >= 11 is 0. The van der Waals surface area contributed by atoms with E-state index in [0.717, 1.165) is 36.4 Å². The number of carbonyl (C=O) groups excluding carboxylic acids is 1. The zero-order valence-corrected chi connectivity index (χ0v) is 15.8. The number of amides is 1. The third kappa shape index (κ3) is 4.33. The van der Waals surface area contributed by atoms with Crippen LogP contribution in [0.15, 0.2) is 54.6 Å². The fourth-order valence-corrected chi connectivity index (χ4v) is 4.27. The predicted octanol–water partition coefficient (Wildman–Crippen LogP) is 3.82. The largest absolute Gasteiger partial charge is 0.483 e. The number of hydrogen-bond acceptors (Lipinski definition) is 3. The van der Waals surface area contributed by atoms with Crippen LogP contribution >= 0.6 is 0 Å². The van der Waals surface area contributed by atoms with Crippen molar-refractivity contribution in [1.82, 2.24) is 9.80 Å². The van der Waals surface area contributed by atoms with E-state index in [9.17, 15) is 4.79 Å². The smallest absolute Gasteiger partial charge is 0.260 e. The van der Waals surface area contributed by atoms with Crippen molar-refractivity contribution in [2.24, 2.45) is 0 Å². The number of piperidine rings is 1. The summed E-state index contributed by atoms with van der Waals surface area (Å²) in [6, 6.07) is 18.6. The first-order valence-electron chi connectivity index (χ1n) is 10.1. The van der Waals surface area contributed by atoms with Crippen molar-refractivity contribution < 1.29 is 9.53 Å². The summed E-state index contributed by atoms with van der Waals surface area (Å²) in [5, 5.41) is 0. The van der Waals surface area contributed by atoms with Gasteiger partial charge in [0.2, 0.25) is 0 Å². The highest BCUT2D eigenvalue weighted by molar-refractivity contribution is 5.78. The highest BCUT2D eigenvalue weighted by Crippen LogP contribution is 2.29. The highest BCUT2D eigenvalue weighted by atomic mass is 16.5. The molecule has 4 heteroatoms. The average Bonchev–Trinajstić information content (AvgIpc) is 3.28. The molecule has 0 aliphatic carbocycles. The van der Waals surface area contributed by atoms with Crippen LogP contribution in [0.25, 0.3) is 11.1 Å². The summed E-state index contributed by atoms with van der Waals surface area (Å²) in [5.41, 5.74) is 2.13. The molecule has 0 radical (unpaired) electrons. The summed E-state index contributed by atoms with van der Waals surface area (Å²) in [5.74, 6) is 0.868. The number of benzene rings is 2. The van der Waals surface area contributed by atoms with Gasteiger partial charge in [-0.2, -0.15) is 0 Å². The quantitative estimate of drug-likeness (QED) is 0.809. The Balaban J connectivity index is 1.38. The Morgan fingerprint density at radius 2 is 1.67 bits per heavy atom. The molecule has 2 aliphatic rings. The van der Waals surface area contributed by atoms with E-state index in [0.29, 0.717) is 6.04 Å². The minimum atomic E-state index is 0.0989. The van der Waals surface area contributed by atoms with E-state index in [2.05, 4.69) is 17.0 Å². The van der Waals surface area contributed by atoms with Gasteiger partial charge >= 0.3 is 0 Å². The van der Waals surface area contributed by atoms with Gasteiger partial charge in [0, 0.05) is 24.7 Å². The van der Waals surface area contributed by atoms with E-state index >= 15 is 0 Å². The van der Waals surface area contributed by atoms with Gasteiger partial charge in [0.05, 0.1) is 0 Å². The molecule has 2 heterocycles. The van der Waals surface area contributed by atoms with E-state index in [1.54, 1.807) is 0 Å². The van der Waals surface area contributed by atoms with E-state index in [4.69, 9.17) is 4.74 Å². The van der Waals surface area contributed by atoms with Crippen molar-refractivity contribution in [3.8, 4) is 16.9 Å². The van der Waals surface area contributed by atoms with Gasteiger partial charge in [-0.3, -0.25) is 9.69 Å². The average molecular weight is 364 g/mol. The lowest BCUT2D eigenvalue weighted by molar-refractivity contribution is -0.135. The van der Waals surface area contributed by atoms with Gasteiger partial charge in [-0.15, -0.1) is 0 Å². The summed E-state index contributed by atoms with van der Waals surface area (Å²) in [6.07, 6.45) is 4.89. The first kappa shape index (κ1) is 18.1. The zero-order valence-electron chi connectivity index (χ0n) is 15.8. The molecule has 0 spiro atoms. The number of rotatable bonds is 5. The minimum Gasteiger partial charge on any atom is -0.483 e. The van der Waals surface area contributed by atoms with Crippen molar-refractivity contribution in [3.05, 3.63) is 54.6 Å². The Bertz CT molecular complexity index is 756. The van der Waals surface area contributed by atoms with E-state index < -0.39 is 0 Å². The van der Waals surface area contributed by atoms with Crippen LogP contribution < -0.4 is 4.74 Å². The number of carbonyl (C=O) groups is 1. The Labute approximate surface area is 161 Å². The van der Waals surface area contributed by atoms with Crippen LogP contribution in [0.3, 0.4) is 0 Å². The van der Waals surface area contributed by atoms with Crippen LogP contribution in [0.1, 0.15) is 25.7 Å². The maximum absolute atomic E-state index is 12.8. The molecule has 142 valence electrons. The second-order valence-electron chi connectivity index (χ2n) is 7.53. The fraction of sp³-hybridized carbons (Fsp3) is 0.435. The van der Waals surface area contributed by atoms with Crippen LogP contribution in [-0.2, 0) is 4.79 Å². The van der Waals surface area contributed by atoms with Crippen LogP contribution in [0.2, 0.25) is 0 Å². The highest BCUT2D eigenvalue weighted by Gasteiger charge is 2.29. The first-order valence-corrected chi connectivity index (χ1v) is 10.1. The van der Waals surface area contributed by atoms with Crippen molar-refractivity contribution in [2.45, 2.75) is 31.7 Å². The second-order valence-corrected chi connectivity index (χ2v) is 7.53. The molecule has 0 saturated carbocycles. The van der Waals surface area contributed by atoms with Crippen LogP contribution in [0.4, 0.5) is 0 Å². The van der Waals surface area contributed by atoms with E-state index in [1.807, 2.05) is 47.4 Å². The van der Waals surface area contributed by atoms with Crippen LogP contribution in [0.5, 0.6) is 5.75 Å². The van der Waals surface area contributed by atoms with E-state index in [-0.39, 0.29) is 12.5 Å². The van der Waals surface area contributed by atoms with E-state index in [1.165, 1.54) is 32.4 Å². The van der Waals surface area contributed by atoms with Crippen LogP contribution in [0, 0.1) is 0 Å². The van der Waals surface area contributed by atoms with Crippen molar-refractivity contribution in [2.75, 3.05) is 32.8 Å². The predicted molar refractivity (Wildman–Crippen MR) is 108 cm³/mol. The van der Waals surface area contributed by atoms with Gasteiger partial charge < -0.3 is 9.64 Å². The molecule has 1 amide bonds. The lowest BCUT2D eigenvalue weighted by Crippen LogP contribution is -2.50. The first-order chi connectivity index (χ1) is 13.3. The molecule has 2 aliphatic heterocycles. The number of likely N-dealkylation sites (tertiary alicyclic amines) is 2. The monoisotopic (exact) mass is 364 g/mol. The molecule has 27 heavy (non-hydrogen) atoms. The Morgan fingerprint density at radius 1 is 0.926 bits per heavy atom. The standard InChI is InChI=1S/C23H28N2O2/c26-23(25-16-8-11-20(17-25)24-14-6-7-15-24)18-27-22-13-5-4-12-21(22)19-9-2-1-3-10-19/h1-5,9-10,12-13,20H,6-8,11,14-18H2. The van der Waals surface area contributed by atoms with Crippen molar-refractivity contribution in [3.63, 3.8) is 0 Å². The summed E-state index contributed by atoms with van der Waals surface area (Å²) in [4.78, 5) is 17.3. The molecule has 0 aromatic heterocycles. The van der Waals surface area contributed by atoms with Gasteiger partial charge in [0.15, 0.2) is 6.61 Å². The molecule has 2 saturated heterocycles. The Hall–Kier alpha value is -2.33. The maximum Gasteiger partial charge on any atom is 0.260 e. The van der Waals surface area contributed by atoms with Gasteiger partial charge in [0.1, 0.15) is 5.75 Å². The zero-order chi connectivity index (χ0) is 18.5. The number of para-hydroxylation sites is 1. The van der Waals surface area contributed by atoms with Gasteiger partial charge in [-0.25, -0.2) is 0 Å². The molecule has 1 atom stereocenters. The maximum atomic E-state index is 12.8. The number of ether oxygens (including phenoxy) is 1. The third-order valence-electron chi connectivity index (χ3n) is 5.73. The lowest BCUT2D eigenvalue weighted by atomic mass is 10.0. The van der Waals surface area contributed by atoms with Crippen molar-refractivity contribution >= 4 is 5.91 Å². The molecule has 0 N–H and O–H groups in total. The molecule has 4 nitrogen and oxygen atoms in total. The van der Waals surface area contributed by atoms with Gasteiger partial charge in [-0.05, 0) is 50.4 Å².